The molecule has 2 aliphatic heterocycles. The second-order valence-corrected chi connectivity index (χ2v) is 10.6. The molecule has 0 unspecified atom stereocenters. The first-order valence-electron chi connectivity index (χ1n) is 11.5. The van der Waals surface area contributed by atoms with Crippen molar-refractivity contribution in [2.24, 2.45) is 0 Å². The molecule has 1 amide bonds. The summed E-state index contributed by atoms with van der Waals surface area (Å²) in [5.74, 6) is -2.45. The Morgan fingerprint density at radius 2 is 1.37 bits per heavy atom. The largest absolute Gasteiger partial charge is 0.367 e. The minimum atomic E-state index is -4.34. The monoisotopic (exact) mass is 497 g/mol. The number of piperazine rings is 1. The van der Waals surface area contributed by atoms with Crippen LogP contribution in [0.15, 0.2) is 71.6 Å². The van der Waals surface area contributed by atoms with E-state index in [1.165, 1.54) is 11.1 Å². The molecule has 3 aromatic carbocycles. The summed E-state index contributed by atoms with van der Waals surface area (Å²) in [4.78, 5) is 15.9. The fourth-order valence-electron chi connectivity index (χ4n) is 4.70. The maximum absolute atomic E-state index is 14.1. The molecule has 6 nitrogen and oxygen atoms in total. The van der Waals surface area contributed by atoms with Gasteiger partial charge in [0.15, 0.2) is 4.90 Å². The Hall–Kier alpha value is -3.30. The summed E-state index contributed by atoms with van der Waals surface area (Å²) in [5.41, 5.74) is 4.23. The summed E-state index contributed by atoms with van der Waals surface area (Å²) in [7, 11) is -4.34. The minimum absolute atomic E-state index is 0.0346. The molecule has 1 saturated heterocycles. The minimum Gasteiger partial charge on any atom is -0.367 e. The van der Waals surface area contributed by atoms with Crippen molar-refractivity contribution in [1.29, 1.82) is 0 Å². The van der Waals surface area contributed by atoms with Crippen molar-refractivity contribution in [1.82, 2.24) is 9.21 Å². The first-order chi connectivity index (χ1) is 16.8. The topological polar surface area (TPSA) is 60.9 Å². The lowest BCUT2D eigenvalue weighted by Gasteiger charge is -2.34. The third-order valence-electron chi connectivity index (χ3n) is 6.65. The number of anilines is 1. The first-order valence-corrected chi connectivity index (χ1v) is 12.9. The average Bonchev–Trinajstić information content (AvgIpc) is 2.88. The van der Waals surface area contributed by atoms with E-state index in [1.807, 2.05) is 18.2 Å². The van der Waals surface area contributed by atoms with Gasteiger partial charge in [0.25, 0.3) is 5.91 Å². The number of carbonyl (C=O) groups is 1. The van der Waals surface area contributed by atoms with Gasteiger partial charge in [-0.25, -0.2) is 17.2 Å². The van der Waals surface area contributed by atoms with Crippen molar-refractivity contribution < 1.29 is 22.0 Å². The van der Waals surface area contributed by atoms with Gasteiger partial charge in [0.2, 0.25) is 10.0 Å². The molecule has 0 aliphatic carbocycles. The lowest BCUT2D eigenvalue weighted by Crippen LogP contribution is -2.50. The van der Waals surface area contributed by atoms with E-state index in [0.717, 1.165) is 47.7 Å². The summed E-state index contributed by atoms with van der Waals surface area (Å²) in [6, 6.07) is 18.8. The van der Waals surface area contributed by atoms with Crippen molar-refractivity contribution in [3.05, 3.63) is 95.1 Å². The van der Waals surface area contributed by atoms with E-state index in [9.17, 15) is 22.0 Å². The molecule has 0 N–H and O–H groups in total. The van der Waals surface area contributed by atoms with Crippen LogP contribution in [0.4, 0.5) is 14.5 Å². The zero-order valence-electron chi connectivity index (χ0n) is 19.0. The van der Waals surface area contributed by atoms with Gasteiger partial charge >= 0.3 is 0 Å². The van der Waals surface area contributed by atoms with E-state index < -0.39 is 26.6 Å². The van der Waals surface area contributed by atoms with Crippen LogP contribution >= 0.6 is 0 Å². The predicted octanol–water partition coefficient (Wildman–Crippen LogP) is 3.67. The second kappa shape index (κ2) is 9.39. The summed E-state index contributed by atoms with van der Waals surface area (Å²) >= 11 is 0. The molecule has 5 rings (SSSR count). The third-order valence-corrected chi connectivity index (χ3v) is 8.60. The summed E-state index contributed by atoms with van der Waals surface area (Å²) < 4.78 is 54.7. The van der Waals surface area contributed by atoms with Gasteiger partial charge in [0.05, 0.1) is 0 Å². The molecule has 3 aromatic rings. The van der Waals surface area contributed by atoms with Crippen molar-refractivity contribution in [3.8, 4) is 0 Å². The number of halogens is 2. The Morgan fingerprint density at radius 1 is 0.743 bits per heavy atom. The highest BCUT2D eigenvalue weighted by atomic mass is 32.2. The molecule has 0 bridgehead atoms. The Labute approximate surface area is 203 Å². The van der Waals surface area contributed by atoms with Crippen LogP contribution < -0.4 is 4.90 Å². The van der Waals surface area contributed by atoms with Crippen LogP contribution in [-0.4, -0.2) is 56.3 Å². The average molecular weight is 498 g/mol. The Bertz CT molecular complexity index is 1330. The van der Waals surface area contributed by atoms with Gasteiger partial charge in [0.1, 0.15) is 11.6 Å². The number of sulfonamides is 1. The van der Waals surface area contributed by atoms with Crippen LogP contribution in [-0.2, 0) is 23.0 Å². The van der Waals surface area contributed by atoms with Gasteiger partial charge in [-0.15, -0.1) is 0 Å². The molecule has 1 fully saturated rings. The van der Waals surface area contributed by atoms with Crippen LogP contribution in [0.5, 0.6) is 0 Å². The van der Waals surface area contributed by atoms with Crippen LogP contribution in [0.25, 0.3) is 0 Å². The molecular weight excluding hydrogens is 472 g/mol. The third kappa shape index (κ3) is 4.53. The van der Waals surface area contributed by atoms with Gasteiger partial charge in [-0.05, 0) is 53.9 Å². The number of hydrogen-bond acceptors (Lipinski definition) is 4. The van der Waals surface area contributed by atoms with Gasteiger partial charge in [0, 0.05) is 50.5 Å². The van der Waals surface area contributed by atoms with Crippen molar-refractivity contribution in [2.45, 2.75) is 17.9 Å². The highest BCUT2D eigenvalue weighted by Crippen LogP contribution is 2.26. The zero-order chi connectivity index (χ0) is 24.6. The number of benzene rings is 3. The number of rotatable bonds is 4. The highest BCUT2D eigenvalue weighted by Gasteiger charge is 2.34. The summed E-state index contributed by atoms with van der Waals surface area (Å²) in [6.45, 7) is 1.93. The summed E-state index contributed by atoms with van der Waals surface area (Å²) in [6.07, 6.45) is 0.973. The fourth-order valence-corrected chi connectivity index (χ4v) is 6.23. The predicted molar refractivity (Wildman–Crippen MR) is 129 cm³/mol. The first kappa shape index (κ1) is 23.4. The van der Waals surface area contributed by atoms with Crippen LogP contribution in [0.3, 0.4) is 0 Å². The number of fused-ring (bicyclic) bond motifs is 1. The van der Waals surface area contributed by atoms with Crippen molar-refractivity contribution in [2.75, 3.05) is 37.6 Å². The molecule has 0 aromatic heterocycles. The fraction of sp³-hybridized carbons (Fsp3) is 0.269. The Morgan fingerprint density at radius 3 is 2.03 bits per heavy atom. The number of amides is 1. The lowest BCUT2D eigenvalue weighted by molar-refractivity contribution is 0.0697. The van der Waals surface area contributed by atoms with Crippen LogP contribution in [0.1, 0.15) is 21.5 Å². The standard InChI is InChI=1S/C26H25F2N3O3S/c27-23-6-3-7-24(28)25(23)35(33,34)31-16-14-29(15-17-31)26(32)20-8-10-22(11-9-20)30-13-12-19-4-1-2-5-21(19)18-30/h1-11H,12-18H2. The van der Waals surface area contributed by atoms with Crippen LogP contribution in [0, 0.1) is 11.6 Å². The maximum Gasteiger partial charge on any atom is 0.253 e. The SMILES string of the molecule is O=C(c1ccc(N2CCc3ccccc3C2)cc1)N1CCN(S(=O)(=O)c2c(F)cccc2F)CC1. The van der Waals surface area contributed by atoms with E-state index in [2.05, 4.69) is 23.1 Å². The van der Waals surface area contributed by atoms with E-state index in [-0.39, 0.29) is 32.1 Å². The van der Waals surface area contributed by atoms with Gasteiger partial charge in [-0.2, -0.15) is 4.31 Å². The number of nitrogens with zero attached hydrogens (tertiary/aromatic N) is 3. The van der Waals surface area contributed by atoms with Crippen molar-refractivity contribution in [3.63, 3.8) is 0 Å². The molecule has 9 heteroatoms. The maximum atomic E-state index is 14.1. The van der Waals surface area contributed by atoms with Gasteiger partial charge in [-0.1, -0.05) is 30.3 Å². The molecule has 182 valence electrons. The quantitative estimate of drug-likeness (QED) is 0.552. The van der Waals surface area contributed by atoms with Crippen LogP contribution in [0.2, 0.25) is 0 Å². The van der Waals surface area contributed by atoms with Gasteiger partial charge in [-0.3, -0.25) is 4.79 Å². The molecule has 2 aliphatic rings. The Kier molecular flexibility index (Phi) is 6.29. The number of hydrogen-bond donors (Lipinski definition) is 0. The molecule has 35 heavy (non-hydrogen) atoms. The van der Waals surface area contributed by atoms with Gasteiger partial charge < -0.3 is 9.80 Å². The highest BCUT2D eigenvalue weighted by molar-refractivity contribution is 7.89. The molecule has 0 saturated carbocycles. The normalized spacial score (nSPS) is 16.7. The van der Waals surface area contributed by atoms with E-state index in [0.29, 0.717) is 5.56 Å². The zero-order valence-corrected chi connectivity index (χ0v) is 19.8. The molecule has 2 heterocycles. The second-order valence-electron chi connectivity index (χ2n) is 8.73. The summed E-state index contributed by atoms with van der Waals surface area (Å²) in [5, 5.41) is 0. The van der Waals surface area contributed by atoms with E-state index in [1.54, 1.807) is 17.0 Å². The molecule has 0 radical (unpaired) electrons. The Balaban J connectivity index is 1.23. The molecule has 0 spiro atoms. The van der Waals surface area contributed by atoms with E-state index >= 15 is 0 Å². The lowest BCUT2D eigenvalue weighted by atomic mass is 9.99. The van der Waals surface area contributed by atoms with E-state index in [4.69, 9.17) is 0 Å². The smallest absolute Gasteiger partial charge is 0.253 e. The van der Waals surface area contributed by atoms with Crippen molar-refractivity contribution >= 4 is 21.6 Å². The molecular formula is C26H25F2N3O3S. The molecule has 0 atom stereocenters. The number of carbonyl (C=O) groups excluding carboxylic acids is 1.